The van der Waals surface area contributed by atoms with Crippen LogP contribution in [0, 0.1) is 11.6 Å². The van der Waals surface area contributed by atoms with Crippen LogP contribution in [0.3, 0.4) is 0 Å². The predicted octanol–water partition coefficient (Wildman–Crippen LogP) is 1.48. The van der Waals surface area contributed by atoms with Crippen molar-refractivity contribution in [3.05, 3.63) is 34.9 Å². The third kappa shape index (κ3) is 1.74. The first-order valence-electron chi connectivity index (χ1n) is 5.99. The van der Waals surface area contributed by atoms with Gasteiger partial charge in [-0.15, -0.1) is 0 Å². The summed E-state index contributed by atoms with van der Waals surface area (Å²) in [5, 5.41) is 10.00. The number of aliphatic hydroxyl groups is 1. The van der Waals surface area contributed by atoms with E-state index < -0.39 is 29.0 Å². The highest BCUT2D eigenvalue weighted by molar-refractivity contribution is 6.21. The van der Waals surface area contributed by atoms with Crippen LogP contribution in [0.25, 0.3) is 0 Å². The summed E-state index contributed by atoms with van der Waals surface area (Å²) in [6.45, 7) is -0.122. The Morgan fingerprint density at radius 2 is 1.58 bits per heavy atom. The highest BCUT2D eigenvalue weighted by Gasteiger charge is 2.44. The first-order valence-corrected chi connectivity index (χ1v) is 5.99. The van der Waals surface area contributed by atoms with Crippen molar-refractivity contribution in [3.8, 4) is 0 Å². The first-order chi connectivity index (χ1) is 8.91. The van der Waals surface area contributed by atoms with Gasteiger partial charge in [-0.3, -0.25) is 14.5 Å². The molecule has 100 valence electrons. The van der Waals surface area contributed by atoms with Crippen molar-refractivity contribution in [2.45, 2.75) is 24.9 Å². The Kier molecular flexibility index (Phi) is 2.47. The number of nitrogens with zero attached hydrogens (tertiary/aromatic N) is 1. The van der Waals surface area contributed by atoms with Crippen LogP contribution in [0.4, 0.5) is 8.78 Å². The summed E-state index contributed by atoms with van der Waals surface area (Å²) in [4.78, 5) is 24.9. The summed E-state index contributed by atoms with van der Waals surface area (Å²) in [5.41, 5.74) is -1.34. The van der Waals surface area contributed by atoms with Crippen molar-refractivity contribution in [3.63, 3.8) is 0 Å². The number of rotatable bonds is 2. The summed E-state index contributed by atoms with van der Waals surface area (Å²) in [6, 6.07) is 1.46. The van der Waals surface area contributed by atoms with Crippen LogP contribution in [-0.4, -0.2) is 34.0 Å². The Morgan fingerprint density at radius 3 is 1.95 bits per heavy atom. The van der Waals surface area contributed by atoms with E-state index in [4.69, 9.17) is 0 Å². The number of β-amino-alcohol motifs (C(OH)–C–C–N with tert-alkyl or cyclic N) is 1. The molecular weight excluding hydrogens is 256 g/mol. The average molecular weight is 267 g/mol. The summed E-state index contributed by atoms with van der Waals surface area (Å²) in [6.07, 6.45) is 1.87. The van der Waals surface area contributed by atoms with Gasteiger partial charge in [0.15, 0.2) is 11.6 Å². The molecule has 0 saturated heterocycles. The summed E-state index contributed by atoms with van der Waals surface area (Å²) < 4.78 is 26.2. The third-order valence-corrected chi connectivity index (χ3v) is 3.75. The Hall–Kier alpha value is -1.82. The van der Waals surface area contributed by atoms with Gasteiger partial charge in [0, 0.05) is 0 Å². The number of imide groups is 1. The molecule has 2 amide bonds. The van der Waals surface area contributed by atoms with E-state index in [1.54, 1.807) is 0 Å². The zero-order chi connectivity index (χ0) is 13.8. The second-order valence-electron chi connectivity index (χ2n) is 5.09. The van der Waals surface area contributed by atoms with E-state index in [-0.39, 0.29) is 17.7 Å². The van der Waals surface area contributed by atoms with E-state index in [0.717, 1.165) is 23.5 Å². The fourth-order valence-corrected chi connectivity index (χ4v) is 2.46. The normalized spacial score (nSPS) is 20.5. The molecule has 1 aliphatic carbocycles. The minimum absolute atomic E-state index is 0.122. The molecule has 0 unspecified atom stereocenters. The molecule has 1 heterocycles. The predicted molar refractivity (Wildman–Crippen MR) is 60.5 cm³/mol. The quantitative estimate of drug-likeness (QED) is 0.826. The molecule has 0 aromatic heterocycles. The van der Waals surface area contributed by atoms with Crippen LogP contribution >= 0.6 is 0 Å². The van der Waals surface area contributed by atoms with Gasteiger partial charge in [0.25, 0.3) is 11.8 Å². The van der Waals surface area contributed by atoms with Gasteiger partial charge in [0.05, 0.1) is 23.3 Å². The van der Waals surface area contributed by atoms with E-state index in [1.165, 1.54) is 0 Å². The van der Waals surface area contributed by atoms with Crippen molar-refractivity contribution < 1.29 is 23.5 Å². The largest absolute Gasteiger partial charge is 0.388 e. The molecule has 0 spiro atoms. The molecular formula is C13H11F2NO3. The van der Waals surface area contributed by atoms with Crippen molar-refractivity contribution >= 4 is 11.8 Å². The van der Waals surface area contributed by atoms with E-state index in [9.17, 15) is 23.5 Å². The smallest absolute Gasteiger partial charge is 0.261 e. The minimum atomic E-state index is -1.16. The lowest BCUT2D eigenvalue weighted by Crippen LogP contribution is -2.49. The zero-order valence-corrected chi connectivity index (χ0v) is 9.95. The van der Waals surface area contributed by atoms with Crippen LogP contribution in [0.15, 0.2) is 12.1 Å². The van der Waals surface area contributed by atoms with E-state index in [0.29, 0.717) is 12.8 Å². The topological polar surface area (TPSA) is 57.6 Å². The van der Waals surface area contributed by atoms with Gasteiger partial charge in [-0.25, -0.2) is 8.78 Å². The lowest BCUT2D eigenvalue weighted by atomic mass is 9.80. The van der Waals surface area contributed by atoms with Crippen LogP contribution < -0.4 is 0 Å². The van der Waals surface area contributed by atoms with Gasteiger partial charge >= 0.3 is 0 Å². The number of amides is 2. The number of fused-ring (bicyclic) bond motifs is 1. The van der Waals surface area contributed by atoms with Crippen molar-refractivity contribution in [1.82, 2.24) is 4.90 Å². The van der Waals surface area contributed by atoms with Gasteiger partial charge in [0.1, 0.15) is 0 Å². The van der Waals surface area contributed by atoms with Gasteiger partial charge in [-0.2, -0.15) is 0 Å². The number of halogens is 2. The highest BCUT2D eigenvalue weighted by Crippen LogP contribution is 2.35. The zero-order valence-electron chi connectivity index (χ0n) is 9.95. The van der Waals surface area contributed by atoms with Crippen molar-refractivity contribution in [2.75, 3.05) is 6.54 Å². The number of carbonyl (C=O) groups excluding carboxylic acids is 2. The lowest BCUT2D eigenvalue weighted by molar-refractivity contribution is -0.0486. The lowest BCUT2D eigenvalue weighted by Gasteiger charge is -2.38. The molecule has 0 radical (unpaired) electrons. The maximum absolute atomic E-state index is 13.1. The number of hydrogen-bond donors (Lipinski definition) is 1. The molecule has 1 aromatic rings. The molecule has 1 N–H and O–H groups in total. The fraction of sp³-hybridized carbons (Fsp3) is 0.385. The number of benzene rings is 1. The number of hydrogen-bond acceptors (Lipinski definition) is 3. The Bertz CT molecular complexity index is 555. The third-order valence-electron chi connectivity index (χ3n) is 3.75. The van der Waals surface area contributed by atoms with Crippen LogP contribution in [0.5, 0.6) is 0 Å². The molecule has 1 fully saturated rings. The fourth-order valence-electron chi connectivity index (χ4n) is 2.46. The molecule has 2 aliphatic rings. The minimum Gasteiger partial charge on any atom is -0.388 e. The SMILES string of the molecule is O=C1c2cc(F)c(F)cc2C(=O)N1CC1(O)CCC1. The maximum atomic E-state index is 13.1. The molecule has 6 heteroatoms. The van der Waals surface area contributed by atoms with Gasteiger partial charge in [-0.05, 0) is 31.4 Å². The maximum Gasteiger partial charge on any atom is 0.261 e. The average Bonchev–Trinajstić information content (AvgIpc) is 2.54. The molecule has 19 heavy (non-hydrogen) atoms. The van der Waals surface area contributed by atoms with E-state index >= 15 is 0 Å². The highest BCUT2D eigenvalue weighted by atomic mass is 19.2. The molecule has 1 aromatic carbocycles. The van der Waals surface area contributed by atoms with Crippen LogP contribution in [-0.2, 0) is 0 Å². The molecule has 0 atom stereocenters. The Morgan fingerprint density at radius 1 is 1.11 bits per heavy atom. The van der Waals surface area contributed by atoms with Gasteiger partial charge < -0.3 is 5.11 Å². The second kappa shape index (κ2) is 3.84. The summed E-state index contributed by atoms with van der Waals surface area (Å²) in [5.74, 6) is -3.69. The Balaban J connectivity index is 1.95. The van der Waals surface area contributed by atoms with Crippen LogP contribution in [0.1, 0.15) is 40.0 Å². The van der Waals surface area contributed by atoms with E-state index in [1.807, 2.05) is 0 Å². The summed E-state index contributed by atoms with van der Waals surface area (Å²) >= 11 is 0. The molecule has 0 bridgehead atoms. The molecule has 3 rings (SSSR count). The first kappa shape index (κ1) is 12.2. The molecule has 1 saturated carbocycles. The van der Waals surface area contributed by atoms with E-state index in [2.05, 4.69) is 0 Å². The van der Waals surface area contributed by atoms with Crippen LogP contribution in [0.2, 0.25) is 0 Å². The number of carbonyl (C=O) groups is 2. The standard InChI is InChI=1S/C13H11F2NO3/c14-9-4-7-8(5-10(9)15)12(18)16(11(7)17)6-13(19)2-1-3-13/h4-5,19H,1-3,6H2. The summed E-state index contributed by atoms with van der Waals surface area (Å²) in [7, 11) is 0. The monoisotopic (exact) mass is 267 g/mol. The second-order valence-corrected chi connectivity index (χ2v) is 5.09. The van der Waals surface area contributed by atoms with Gasteiger partial charge in [0.2, 0.25) is 0 Å². The molecule has 4 nitrogen and oxygen atoms in total. The molecule has 1 aliphatic heterocycles. The Labute approximate surface area is 107 Å². The van der Waals surface area contributed by atoms with Crippen molar-refractivity contribution in [2.24, 2.45) is 0 Å². The van der Waals surface area contributed by atoms with Crippen molar-refractivity contribution in [1.29, 1.82) is 0 Å². The van der Waals surface area contributed by atoms with Gasteiger partial charge in [-0.1, -0.05) is 0 Å².